The van der Waals surface area contributed by atoms with Crippen molar-refractivity contribution < 1.29 is 4.74 Å². The molecule has 7 heteroatoms. The smallest absolute Gasteiger partial charge is 0.137 e. The zero-order valence-electron chi connectivity index (χ0n) is 15.9. The Balaban J connectivity index is 1.68. The molecule has 0 amide bonds. The van der Waals surface area contributed by atoms with Crippen LogP contribution in [-0.4, -0.2) is 16.6 Å². The van der Waals surface area contributed by atoms with E-state index in [1.807, 2.05) is 60.8 Å². The highest BCUT2D eigenvalue weighted by Gasteiger charge is 2.11. The number of aromatic nitrogens is 2. The van der Waals surface area contributed by atoms with Gasteiger partial charge in [0.2, 0.25) is 0 Å². The van der Waals surface area contributed by atoms with Crippen LogP contribution in [-0.2, 0) is 0 Å². The van der Waals surface area contributed by atoms with E-state index in [0.717, 1.165) is 32.4 Å². The molecule has 0 aliphatic carbocycles. The fourth-order valence-electron chi connectivity index (χ4n) is 2.96. The first-order valence-electron chi connectivity index (χ1n) is 9.14. The third kappa shape index (κ3) is 4.39. The normalized spacial score (nSPS) is 11.5. The molecule has 0 aliphatic heterocycles. The Kier molecular flexibility index (Phi) is 6.14. The Hall–Kier alpha value is -2.72. The summed E-state index contributed by atoms with van der Waals surface area (Å²) in [5.41, 5.74) is 3.69. The second-order valence-electron chi connectivity index (χ2n) is 6.37. The molecular formula is C23H15BrClN3OS. The number of halogens is 2. The van der Waals surface area contributed by atoms with Gasteiger partial charge in [-0.15, -0.1) is 11.3 Å². The van der Waals surface area contributed by atoms with Crippen molar-refractivity contribution in [3.8, 4) is 23.1 Å². The molecule has 0 atom stereocenters. The molecule has 4 nitrogen and oxygen atoms in total. The van der Waals surface area contributed by atoms with E-state index < -0.39 is 0 Å². The molecule has 0 saturated heterocycles. The van der Waals surface area contributed by atoms with Crippen LogP contribution in [0.3, 0.4) is 0 Å². The Labute approximate surface area is 191 Å². The third-order valence-corrected chi connectivity index (χ3v) is 6.04. The highest BCUT2D eigenvalue weighted by molar-refractivity contribution is 9.10. The van der Waals surface area contributed by atoms with Crippen molar-refractivity contribution in [3.63, 3.8) is 0 Å². The second-order valence-corrected chi connectivity index (χ2v) is 8.50. The summed E-state index contributed by atoms with van der Waals surface area (Å²) in [6, 6.07) is 17.7. The number of fused-ring (bicyclic) bond motifs is 1. The van der Waals surface area contributed by atoms with Crippen LogP contribution < -0.4 is 4.74 Å². The summed E-state index contributed by atoms with van der Waals surface area (Å²) in [7, 11) is 0. The Morgan fingerprint density at radius 1 is 1.20 bits per heavy atom. The summed E-state index contributed by atoms with van der Waals surface area (Å²) in [4.78, 5) is 9.08. The molecule has 0 unspecified atom stereocenters. The molecule has 0 fully saturated rings. The van der Waals surface area contributed by atoms with Crippen LogP contribution in [0.25, 0.3) is 33.8 Å². The maximum atomic E-state index is 9.73. The monoisotopic (exact) mass is 495 g/mol. The minimum atomic E-state index is 0.348. The number of hydrogen-bond acceptors (Lipinski definition) is 5. The van der Waals surface area contributed by atoms with Gasteiger partial charge in [0.1, 0.15) is 22.0 Å². The summed E-state index contributed by atoms with van der Waals surface area (Å²) < 4.78 is 6.43. The van der Waals surface area contributed by atoms with Crippen LogP contribution in [0.2, 0.25) is 5.15 Å². The lowest BCUT2D eigenvalue weighted by Crippen LogP contribution is -1.90. The van der Waals surface area contributed by atoms with Gasteiger partial charge in [0, 0.05) is 26.4 Å². The zero-order chi connectivity index (χ0) is 21.1. The van der Waals surface area contributed by atoms with Crippen molar-refractivity contribution in [1.29, 1.82) is 5.26 Å². The van der Waals surface area contributed by atoms with E-state index in [2.05, 4.69) is 32.0 Å². The van der Waals surface area contributed by atoms with E-state index in [0.29, 0.717) is 27.9 Å². The predicted octanol–water partition coefficient (Wildman–Crippen LogP) is 7.24. The molecule has 0 radical (unpaired) electrons. The largest absolute Gasteiger partial charge is 0.494 e. The quantitative estimate of drug-likeness (QED) is 0.216. The van der Waals surface area contributed by atoms with E-state index in [1.54, 1.807) is 6.08 Å². The van der Waals surface area contributed by atoms with Crippen LogP contribution >= 0.6 is 38.9 Å². The van der Waals surface area contributed by atoms with Gasteiger partial charge in [-0.3, -0.25) is 0 Å². The first-order chi connectivity index (χ1) is 14.6. The molecule has 4 rings (SSSR count). The summed E-state index contributed by atoms with van der Waals surface area (Å²) >= 11 is 11.3. The Bertz CT molecular complexity index is 1290. The van der Waals surface area contributed by atoms with Gasteiger partial charge in [0.05, 0.1) is 23.4 Å². The summed E-state index contributed by atoms with van der Waals surface area (Å²) in [5, 5.41) is 13.6. The lowest BCUT2D eigenvalue weighted by molar-refractivity contribution is 0.340. The van der Waals surface area contributed by atoms with Crippen LogP contribution in [0.15, 0.2) is 58.4 Å². The van der Waals surface area contributed by atoms with Crippen molar-refractivity contribution in [2.75, 3.05) is 6.61 Å². The zero-order valence-corrected chi connectivity index (χ0v) is 19.1. The van der Waals surface area contributed by atoms with Gasteiger partial charge < -0.3 is 4.74 Å². The van der Waals surface area contributed by atoms with E-state index in [4.69, 9.17) is 16.3 Å². The number of ether oxygens (including phenoxy) is 1. The van der Waals surface area contributed by atoms with E-state index in [-0.39, 0.29) is 0 Å². The Morgan fingerprint density at radius 3 is 2.73 bits per heavy atom. The van der Waals surface area contributed by atoms with Crippen LogP contribution in [0.5, 0.6) is 5.75 Å². The predicted molar refractivity (Wildman–Crippen MR) is 127 cm³/mol. The molecule has 0 bridgehead atoms. The van der Waals surface area contributed by atoms with Gasteiger partial charge in [-0.2, -0.15) is 5.26 Å². The van der Waals surface area contributed by atoms with Crippen molar-refractivity contribution >= 4 is 61.4 Å². The van der Waals surface area contributed by atoms with E-state index in [1.165, 1.54) is 11.3 Å². The number of pyridine rings is 1. The molecule has 2 aromatic carbocycles. The molecule has 0 spiro atoms. The highest BCUT2D eigenvalue weighted by atomic mass is 79.9. The molecule has 2 aromatic heterocycles. The van der Waals surface area contributed by atoms with Crippen LogP contribution in [0.1, 0.15) is 17.5 Å². The fourth-order valence-corrected chi connectivity index (χ4v) is 4.33. The maximum Gasteiger partial charge on any atom is 0.137 e. The van der Waals surface area contributed by atoms with Crippen molar-refractivity contribution in [2.24, 2.45) is 0 Å². The van der Waals surface area contributed by atoms with Crippen molar-refractivity contribution in [1.82, 2.24) is 9.97 Å². The number of allylic oxidation sites excluding steroid dienone is 1. The lowest BCUT2D eigenvalue weighted by Gasteiger charge is -2.04. The second kappa shape index (κ2) is 8.97. The minimum Gasteiger partial charge on any atom is -0.494 e. The van der Waals surface area contributed by atoms with Gasteiger partial charge in [-0.05, 0) is 61.5 Å². The maximum absolute atomic E-state index is 9.73. The minimum absolute atomic E-state index is 0.348. The van der Waals surface area contributed by atoms with Crippen LogP contribution in [0, 0.1) is 11.3 Å². The van der Waals surface area contributed by atoms with Gasteiger partial charge >= 0.3 is 0 Å². The summed E-state index contributed by atoms with van der Waals surface area (Å²) in [6.45, 7) is 2.58. The molecule has 0 N–H and O–H groups in total. The van der Waals surface area contributed by atoms with Crippen molar-refractivity contribution in [2.45, 2.75) is 6.92 Å². The number of thiazole rings is 1. The first kappa shape index (κ1) is 20.5. The number of nitriles is 1. The number of benzene rings is 2. The van der Waals surface area contributed by atoms with Crippen molar-refractivity contribution in [3.05, 3.63) is 74.1 Å². The average molecular weight is 497 g/mol. The van der Waals surface area contributed by atoms with E-state index in [9.17, 15) is 5.26 Å². The topological polar surface area (TPSA) is 58.8 Å². The van der Waals surface area contributed by atoms with Crippen LogP contribution in [0.4, 0.5) is 0 Å². The molecule has 30 heavy (non-hydrogen) atoms. The van der Waals surface area contributed by atoms with E-state index >= 15 is 0 Å². The SMILES string of the molecule is CCOc1ccc(-c2csc(C(C#N)=Cc3cc4cc(Br)ccc4nc3Cl)n2)cc1. The fraction of sp³-hybridized carbons (Fsp3) is 0.0870. The number of rotatable bonds is 5. The number of hydrogen-bond donors (Lipinski definition) is 0. The standard InChI is InChI=1S/C23H15BrClN3OS/c1-2-29-19-6-3-14(4-7-19)21-13-30-23(28-21)17(12-26)10-16-9-15-11-18(24)5-8-20(15)27-22(16)25/h3-11,13H,2H2,1H3. The molecule has 0 aliphatic rings. The molecular weight excluding hydrogens is 482 g/mol. The third-order valence-electron chi connectivity index (χ3n) is 4.37. The average Bonchev–Trinajstić information content (AvgIpc) is 3.23. The molecule has 148 valence electrons. The Morgan fingerprint density at radius 2 is 2.00 bits per heavy atom. The van der Waals surface area contributed by atoms with Gasteiger partial charge in [0.25, 0.3) is 0 Å². The summed E-state index contributed by atoms with van der Waals surface area (Å²) in [6.07, 6.45) is 1.73. The number of nitrogens with zero attached hydrogens (tertiary/aromatic N) is 3. The van der Waals surface area contributed by atoms with Gasteiger partial charge in [0.15, 0.2) is 0 Å². The summed E-state index contributed by atoms with van der Waals surface area (Å²) in [5.74, 6) is 0.819. The first-order valence-corrected chi connectivity index (χ1v) is 11.2. The lowest BCUT2D eigenvalue weighted by atomic mass is 10.1. The molecule has 0 saturated carbocycles. The molecule has 2 heterocycles. The molecule has 4 aromatic rings. The highest BCUT2D eigenvalue weighted by Crippen LogP contribution is 2.30. The van der Waals surface area contributed by atoms with Gasteiger partial charge in [-0.1, -0.05) is 27.5 Å². The van der Waals surface area contributed by atoms with Gasteiger partial charge in [-0.25, -0.2) is 9.97 Å².